The van der Waals surface area contributed by atoms with Crippen molar-refractivity contribution in [2.24, 2.45) is 11.3 Å². The van der Waals surface area contributed by atoms with Gasteiger partial charge in [-0.3, -0.25) is 0 Å². The normalized spacial score (nSPS) is 18.5. The molecular weight excluding hydrogens is 148 g/mol. The van der Waals surface area contributed by atoms with E-state index in [9.17, 15) is 0 Å². The second kappa shape index (κ2) is 5.58. The molecule has 0 heterocycles. The van der Waals surface area contributed by atoms with E-state index >= 15 is 0 Å². The number of hydrogen-bond donors (Lipinski definition) is 1. The third-order valence-electron chi connectivity index (χ3n) is 1.30. The minimum absolute atomic E-state index is 0. The second-order valence-corrected chi connectivity index (χ2v) is 5.08. The zero-order chi connectivity index (χ0) is 9.07. The van der Waals surface area contributed by atoms with Crippen LogP contribution < -0.4 is 0 Å². The van der Waals surface area contributed by atoms with Gasteiger partial charge in [0.1, 0.15) is 0 Å². The van der Waals surface area contributed by atoms with Gasteiger partial charge in [0, 0.05) is 0 Å². The van der Waals surface area contributed by atoms with E-state index in [0.29, 0.717) is 11.3 Å². The van der Waals surface area contributed by atoms with E-state index in [0.717, 1.165) is 0 Å². The Bertz CT molecular complexity index is 90.1. The van der Waals surface area contributed by atoms with Crippen LogP contribution in [0.15, 0.2) is 0 Å². The van der Waals surface area contributed by atoms with Crippen molar-refractivity contribution in [1.29, 1.82) is 0 Å². The van der Waals surface area contributed by atoms with Crippen molar-refractivity contribution in [1.82, 2.24) is 0 Å². The Hall–Kier alpha value is -0.0400. The SMILES string of the molecule is C.CC(C)(C)C.CC(O)C1CC1. The van der Waals surface area contributed by atoms with Crippen LogP contribution in [0.5, 0.6) is 0 Å². The zero-order valence-corrected chi connectivity index (χ0v) is 8.52. The maximum Gasteiger partial charge on any atom is 0.0540 e. The molecule has 1 unspecified atom stereocenters. The zero-order valence-electron chi connectivity index (χ0n) is 8.52. The second-order valence-electron chi connectivity index (χ2n) is 5.08. The molecule has 1 atom stereocenters. The van der Waals surface area contributed by atoms with Crippen molar-refractivity contribution in [3.8, 4) is 0 Å². The largest absolute Gasteiger partial charge is 0.393 e. The first-order valence-electron chi connectivity index (χ1n) is 4.49. The van der Waals surface area contributed by atoms with Gasteiger partial charge in [0.15, 0.2) is 0 Å². The lowest BCUT2D eigenvalue weighted by Gasteiger charge is -2.05. The minimum atomic E-state index is -0.0370. The minimum Gasteiger partial charge on any atom is -0.393 e. The van der Waals surface area contributed by atoms with E-state index in [1.54, 1.807) is 0 Å². The molecule has 1 saturated carbocycles. The van der Waals surface area contributed by atoms with Crippen molar-refractivity contribution in [3.63, 3.8) is 0 Å². The summed E-state index contributed by atoms with van der Waals surface area (Å²) in [4.78, 5) is 0. The molecule has 0 radical (unpaired) electrons. The predicted octanol–water partition coefficient (Wildman–Crippen LogP) is 3.47. The molecule has 12 heavy (non-hydrogen) atoms. The van der Waals surface area contributed by atoms with Gasteiger partial charge >= 0.3 is 0 Å². The van der Waals surface area contributed by atoms with E-state index in [1.165, 1.54) is 12.8 Å². The summed E-state index contributed by atoms with van der Waals surface area (Å²) in [5.41, 5.74) is 0.500. The summed E-state index contributed by atoms with van der Waals surface area (Å²) in [5, 5.41) is 8.69. The molecule has 0 aromatic heterocycles. The Morgan fingerprint density at radius 3 is 1.42 bits per heavy atom. The van der Waals surface area contributed by atoms with Gasteiger partial charge in [0.25, 0.3) is 0 Å². The van der Waals surface area contributed by atoms with Crippen molar-refractivity contribution >= 4 is 0 Å². The topological polar surface area (TPSA) is 20.2 Å². The summed E-state index contributed by atoms with van der Waals surface area (Å²) in [5.74, 6) is 0.657. The van der Waals surface area contributed by atoms with Gasteiger partial charge in [-0.25, -0.2) is 0 Å². The number of rotatable bonds is 1. The van der Waals surface area contributed by atoms with E-state index in [-0.39, 0.29) is 13.5 Å². The fourth-order valence-electron chi connectivity index (χ4n) is 0.579. The summed E-state index contributed by atoms with van der Waals surface area (Å²) >= 11 is 0. The number of aliphatic hydroxyl groups excluding tert-OH is 1. The standard InChI is InChI=1S/C5H10O.C5H12.CH4/c1-4(6)5-2-3-5;1-5(2,3)4;/h4-6H,2-3H2,1H3;1-4H3;1H4. The van der Waals surface area contributed by atoms with Gasteiger partial charge in [-0.15, -0.1) is 0 Å². The van der Waals surface area contributed by atoms with Crippen LogP contribution in [0.3, 0.4) is 0 Å². The van der Waals surface area contributed by atoms with Crippen molar-refractivity contribution in [2.75, 3.05) is 0 Å². The molecule has 0 aromatic carbocycles. The molecule has 76 valence electrons. The highest BCUT2D eigenvalue weighted by atomic mass is 16.3. The average molecular weight is 174 g/mol. The summed E-state index contributed by atoms with van der Waals surface area (Å²) in [6, 6.07) is 0. The first-order valence-corrected chi connectivity index (χ1v) is 4.49. The van der Waals surface area contributed by atoms with E-state index in [2.05, 4.69) is 27.7 Å². The molecule has 1 nitrogen and oxygen atoms in total. The van der Waals surface area contributed by atoms with E-state index in [4.69, 9.17) is 5.11 Å². The molecule has 0 spiro atoms. The van der Waals surface area contributed by atoms with Crippen molar-refractivity contribution in [2.45, 2.75) is 61.0 Å². The van der Waals surface area contributed by atoms with Crippen LogP contribution >= 0.6 is 0 Å². The molecule has 1 rings (SSSR count). The Morgan fingerprint density at radius 1 is 1.17 bits per heavy atom. The fraction of sp³-hybridized carbons (Fsp3) is 1.00. The van der Waals surface area contributed by atoms with Crippen LogP contribution in [-0.4, -0.2) is 11.2 Å². The molecule has 0 bridgehead atoms. The molecule has 1 N–H and O–H groups in total. The van der Waals surface area contributed by atoms with Crippen molar-refractivity contribution in [3.05, 3.63) is 0 Å². The molecule has 1 aliphatic rings. The van der Waals surface area contributed by atoms with Gasteiger partial charge in [0.2, 0.25) is 0 Å². The van der Waals surface area contributed by atoms with E-state index < -0.39 is 0 Å². The van der Waals surface area contributed by atoms with E-state index in [1.807, 2.05) is 6.92 Å². The maximum atomic E-state index is 8.69. The first-order chi connectivity index (χ1) is 4.80. The molecule has 0 aromatic rings. The Balaban J connectivity index is 0. The summed E-state index contributed by atoms with van der Waals surface area (Å²) in [6.07, 6.45) is 2.46. The lowest BCUT2D eigenvalue weighted by atomic mass is 10.0. The fourth-order valence-corrected chi connectivity index (χ4v) is 0.579. The van der Waals surface area contributed by atoms with Gasteiger partial charge in [-0.2, -0.15) is 0 Å². The quantitative estimate of drug-likeness (QED) is 0.645. The summed E-state index contributed by atoms with van der Waals surface area (Å²) in [6.45, 7) is 10.6. The Kier molecular flexibility index (Phi) is 6.73. The predicted molar refractivity (Wildman–Crippen MR) is 56.3 cm³/mol. The average Bonchev–Trinajstić information content (AvgIpc) is 2.34. The molecular formula is C11H26O. The lowest BCUT2D eigenvalue weighted by molar-refractivity contribution is 0.171. The molecule has 0 amide bonds. The Labute approximate surface area is 78.2 Å². The van der Waals surface area contributed by atoms with Crippen LogP contribution in [0, 0.1) is 11.3 Å². The maximum absolute atomic E-state index is 8.69. The molecule has 1 fully saturated rings. The molecule has 0 saturated heterocycles. The smallest absolute Gasteiger partial charge is 0.0540 e. The van der Waals surface area contributed by atoms with Gasteiger partial charge in [-0.05, 0) is 31.1 Å². The van der Waals surface area contributed by atoms with Gasteiger partial charge in [0.05, 0.1) is 6.10 Å². The Morgan fingerprint density at radius 2 is 1.42 bits per heavy atom. The summed E-state index contributed by atoms with van der Waals surface area (Å²) < 4.78 is 0. The van der Waals surface area contributed by atoms with Gasteiger partial charge in [-0.1, -0.05) is 35.1 Å². The van der Waals surface area contributed by atoms with Crippen LogP contribution in [-0.2, 0) is 0 Å². The molecule has 0 aliphatic heterocycles. The lowest BCUT2D eigenvalue weighted by Crippen LogP contribution is -1.99. The highest BCUT2D eigenvalue weighted by Gasteiger charge is 2.25. The van der Waals surface area contributed by atoms with Crippen LogP contribution in [0.2, 0.25) is 0 Å². The number of hydrogen-bond acceptors (Lipinski definition) is 1. The van der Waals surface area contributed by atoms with Crippen molar-refractivity contribution < 1.29 is 5.11 Å². The number of aliphatic hydroxyl groups is 1. The first kappa shape index (κ1) is 14.5. The highest BCUT2D eigenvalue weighted by Crippen LogP contribution is 2.31. The van der Waals surface area contributed by atoms with Crippen LogP contribution in [0.4, 0.5) is 0 Å². The molecule has 1 aliphatic carbocycles. The third kappa shape index (κ3) is 16.5. The van der Waals surface area contributed by atoms with Crippen LogP contribution in [0.25, 0.3) is 0 Å². The van der Waals surface area contributed by atoms with Crippen LogP contribution in [0.1, 0.15) is 54.9 Å². The van der Waals surface area contributed by atoms with Gasteiger partial charge < -0.3 is 5.11 Å². The summed E-state index contributed by atoms with van der Waals surface area (Å²) in [7, 11) is 0. The third-order valence-corrected chi connectivity index (χ3v) is 1.30. The monoisotopic (exact) mass is 174 g/mol. The highest BCUT2D eigenvalue weighted by molar-refractivity contribution is 4.77. The molecule has 1 heteroatoms.